The molecule has 0 saturated carbocycles. The van der Waals surface area contributed by atoms with Gasteiger partial charge in [-0.15, -0.1) is 0 Å². The quantitative estimate of drug-likeness (QED) is 0.618. The second-order valence-corrected chi connectivity index (χ2v) is 4.45. The Hall–Kier alpha value is -1.52. The van der Waals surface area contributed by atoms with Crippen molar-refractivity contribution >= 4 is 5.96 Å². The van der Waals surface area contributed by atoms with Gasteiger partial charge in [0.1, 0.15) is 5.76 Å². The van der Waals surface area contributed by atoms with Crippen LogP contribution in [0.3, 0.4) is 0 Å². The van der Waals surface area contributed by atoms with E-state index in [1.54, 1.807) is 7.05 Å². The van der Waals surface area contributed by atoms with Crippen LogP contribution in [0.25, 0.3) is 0 Å². The SMILES string of the molecule is CN=C(NCc1nc(C)c(C)o1)NCC(C)C. The van der Waals surface area contributed by atoms with Crippen LogP contribution in [-0.2, 0) is 6.54 Å². The van der Waals surface area contributed by atoms with Gasteiger partial charge in [-0.2, -0.15) is 0 Å². The lowest BCUT2D eigenvalue weighted by atomic mass is 10.2. The highest BCUT2D eigenvalue weighted by Crippen LogP contribution is 2.07. The Balaban J connectivity index is 2.43. The number of guanidine groups is 1. The predicted molar refractivity (Wildman–Crippen MR) is 69.0 cm³/mol. The summed E-state index contributed by atoms with van der Waals surface area (Å²) < 4.78 is 5.48. The van der Waals surface area contributed by atoms with Crippen molar-refractivity contribution in [1.29, 1.82) is 0 Å². The molecule has 0 bridgehead atoms. The number of aryl methyl sites for hydroxylation is 2. The minimum absolute atomic E-state index is 0.548. The second-order valence-electron chi connectivity index (χ2n) is 4.45. The molecule has 0 aromatic carbocycles. The Morgan fingerprint density at radius 2 is 2.06 bits per heavy atom. The molecule has 0 aliphatic rings. The Labute approximate surface area is 103 Å². The van der Waals surface area contributed by atoms with Crippen molar-refractivity contribution in [3.63, 3.8) is 0 Å². The van der Waals surface area contributed by atoms with Gasteiger partial charge in [-0.05, 0) is 19.8 Å². The molecule has 17 heavy (non-hydrogen) atoms. The summed E-state index contributed by atoms with van der Waals surface area (Å²) in [7, 11) is 1.75. The van der Waals surface area contributed by atoms with E-state index < -0.39 is 0 Å². The molecule has 0 radical (unpaired) electrons. The van der Waals surface area contributed by atoms with Crippen LogP contribution in [-0.4, -0.2) is 24.5 Å². The summed E-state index contributed by atoms with van der Waals surface area (Å²) in [6.45, 7) is 9.60. The van der Waals surface area contributed by atoms with Crippen LogP contribution in [0.15, 0.2) is 9.41 Å². The van der Waals surface area contributed by atoms with E-state index >= 15 is 0 Å². The minimum Gasteiger partial charge on any atom is -0.444 e. The van der Waals surface area contributed by atoms with Gasteiger partial charge in [0.25, 0.3) is 0 Å². The summed E-state index contributed by atoms with van der Waals surface area (Å²) in [4.78, 5) is 8.43. The number of nitrogens with zero attached hydrogens (tertiary/aromatic N) is 2. The van der Waals surface area contributed by atoms with E-state index in [-0.39, 0.29) is 0 Å². The number of rotatable bonds is 4. The average Bonchev–Trinajstić information content (AvgIpc) is 2.58. The molecule has 0 amide bonds. The molecule has 0 aliphatic heterocycles. The van der Waals surface area contributed by atoms with E-state index in [0.29, 0.717) is 18.4 Å². The molecule has 5 heteroatoms. The fourth-order valence-corrected chi connectivity index (χ4v) is 1.30. The number of aromatic nitrogens is 1. The highest BCUT2D eigenvalue weighted by atomic mass is 16.4. The molecule has 96 valence electrons. The van der Waals surface area contributed by atoms with Gasteiger partial charge in [-0.3, -0.25) is 4.99 Å². The van der Waals surface area contributed by atoms with Crippen molar-refractivity contribution in [1.82, 2.24) is 15.6 Å². The van der Waals surface area contributed by atoms with Gasteiger partial charge in [0.05, 0.1) is 12.2 Å². The monoisotopic (exact) mass is 238 g/mol. The molecule has 1 heterocycles. The van der Waals surface area contributed by atoms with Crippen LogP contribution in [0.5, 0.6) is 0 Å². The third-order valence-electron chi connectivity index (χ3n) is 2.38. The highest BCUT2D eigenvalue weighted by molar-refractivity contribution is 5.79. The number of nitrogens with one attached hydrogen (secondary N) is 2. The lowest BCUT2D eigenvalue weighted by Gasteiger charge is -2.12. The maximum atomic E-state index is 5.48. The van der Waals surface area contributed by atoms with Gasteiger partial charge < -0.3 is 15.1 Å². The van der Waals surface area contributed by atoms with E-state index in [9.17, 15) is 0 Å². The molecule has 2 N–H and O–H groups in total. The second kappa shape index (κ2) is 6.27. The lowest BCUT2D eigenvalue weighted by molar-refractivity contribution is 0.463. The smallest absolute Gasteiger partial charge is 0.214 e. The Kier molecular flexibility index (Phi) is 5.00. The molecule has 0 atom stereocenters. The van der Waals surface area contributed by atoms with Crippen LogP contribution >= 0.6 is 0 Å². The van der Waals surface area contributed by atoms with Crippen molar-refractivity contribution < 1.29 is 4.42 Å². The molecular weight excluding hydrogens is 216 g/mol. The molecule has 0 saturated heterocycles. The Morgan fingerprint density at radius 3 is 2.53 bits per heavy atom. The highest BCUT2D eigenvalue weighted by Gasteiger charge is 2.06. The molecular formula is C12H22N4O. The third kappa shape index (κ3) is 4.46. The summed E-state index contributed by atoms with van der Waals surface area (Å²) in [5, 5.41) is 6.39. The Bertz CT molecular complexity index is 362. The van der Waals surface area contributed by atoms with E-state index in [2.05, 4.69) is 34.5 Å². The molecule has 1 aromatic rings. The maximum absolute atomic E-state index is 5.48. The van der Waals surface area contributed by atoms with Gasteiger partial charge in [-0.25, -0.2) is 4.98 Å². The fraction of sp³-hybridized carbons (Fsp3) is 0.667. The summed E-state index contributed by atoms with van der Waals surface area (Å²) in [6, 6.07) is 0. The van der Waals surface area contributed by atoms with Gasteiger partial charge in [0.2, 0.25) is 5.89 Å². The first-order valence-corrected chi connectivity index (χ1v) is 5.90. The third-order valence-corrected chi connectivity index (χ3v) is 2.38. The lowest BCUT2D eigenvalue weighted by Crippen LogP contribution is -2.38. The van der Waals surface area contributed by atoms with Gasteiger partial charge >= 0.3 is 0 Å². The predicted octanol–water partition coefficient (Wildman–Crippen LogP) is 1.61. The molecule has 0 fully saturated rings. The van der Waals surface area contributed by atoms with Crippen molar-refractivity contribution in [2.45, 2.75) is 34.2 Å². The largest absolute Gasteiger partial charge is 0.444 e. The van der Waals surface area contributed by atoms with E-state index in [4.69, 9.17) is 4.42 Å². The minimum atomic E-state index is 0.548. The normalized spacial score (nSPS) is 12.0. The zero-order chi connectivity index (χ0) is 12.8. The van der Waals surface area contributed by atoms with Crippen LogP contribution in [0.1, 0.15) is 31.2 Å². The molecule has 0 spiro atoms. The first kappa shape index (κ1) is 13.5. The number of aliphatic imine (C=N–C) groups is 1. The van der Waals surface area contributed by atoms with E-state index in [0.717, 1.165) is 24.0 Å². The van der Waals surface area contributed by atoms with Crippen molar-refractivity contribution in [2.75, 3.05) is 13.6 Å². The van der Waals surface area contributed by atoms with E-state index in [1.807, 2.05) is 13.8 Å². The molecule has 1 rings (SSSR count). The zero-order valence-electron chi connectivity index (χ0n) is 11.3. The van der Waals surface area contributed by atoms with Crippen LogP contribution < -0.4 is 10.6 Å². The van der Waals surface area contributed by atoms with E-state index in [1.165, 1.54) is 0 Å². The fourth-order valence-electron chi connectivity index (χ4n) is 1.30. The molecule has 5 nitrogen and oxygen atoms in total. The van der Waals surface area contributed by atoms with Crippen LogP contribution in [0.4, 0.5) is 0 Å². The van der Waals surface area contributed by atoms with Crippen molar-refractivity contribution in [2.24, 2.45) is 10.9 Å². The van der Waals surface area contributed by atoms with Crippen molar-refractivity contribution in [3.8, 4) is 0 Å². The summed E-state index contributed by atoms with van der Waals surface area (Å²) in [5.41, 5.74) is 0.937. The molecule has 0 aliphatic carbocycles. The topological polar surface area (TPSA) is 62.5 Å². The number of oxazole rings is 1. The first-order valence-electron chi connectivity index (χ1n) is 5.90. The maximum Gasteiger partial charge on any atom is 0.214 e. The van der Waals surface area contributed by atoms with Crippen molar-refractivity contribution in [3.05, 3.63) is 17.3 Å². The number of hydrogen-bond donors (Lipinski definition) is 2. The molecule has 0 unspecified atom stereocenters. The first-order chi connectivity index (χ1) is 8.02. The Morgan fingerprint density at radius 1 is 1.35 bits per heavy atom. The molecule has 1 aromatic heterocycles. The standard InChI is InChI=1S/C12H22N4O/c1-8(2)6-14-12(13-5)15-7-11-16-9(3)10(4)17-11/h8H,6-7H2,1-5H3,(H2,13,14,15). The summed E-state index contributed by atoms with van der Waals surface area (Å²) >= 11 is 0. The van der Waals surface area contributed by atoms with Gasteiger partial charge in [0.15, 0.2) is 5.96 Å². The number of hydrogen-bond acceptors (Lipinski definition) is 3. The zero-order valence-corrected chi connectivity index (χ0v) is 11.3. The van der Waals surface area contributed by atoms with Gasteiger partial charge in [-0.1, -0.05) is 13.8 Å². The average molecular weight is 238 g/mol. The summed E-state index contributed by atoms with van der Waals surface area (Å²) in [5.74, 6) is 2.91. The van der Waals surface area contributed by atoms with Crippen LogP contribution in [0, 0.1) is 19.8 Å². The summed E-state index contributed by atoms with van der Waals surface area (Å²) in [6.07, 6.45) is 0. The van der Waals surface area contributed by atoms with Gasteiger partial charge in [0, 0.05) is 13.6 Å². The van der Waals surface area contributed by atoms with Crippen LogP contribution in [0.2, 0.25) is 0 Å².